The lowest BCUT2D eigenvalue weighted by atomic mass is 10.1. The maximum Gasteiger partial charge on any atom is 0.0929 e. The van der Waals surface area contributed by atoms with Gasteiger partial charge in [-0.3, -0.25) is 11.3 Å². The zero-order valence-corrected chi connectivity index (χ0v) is 10.9. The summed E-state index contributed by atoms with van der Waals surface area (Å²) < 4.78 is 9.24. The van der Waals surface area contributed by atoms with E-state index in [4.69, 9.17) is 5.84 Å². The Bertz CT molecular complexity index is 414. The average Bonchev–Trinajstić information content (AvgIpc) is 2.85. The van der Waals surface area contributed by atoms with Crippen molar-refractivity contribution in [1.29, 1.82) is 0 Å². The zero-order valence-electron chi connectivity index (χ0n) is 7.68. The first-order valence-electron chi connectivity index (χ1n) is 4.26. The van der Waals surface area contributed by atoms with Gasteiger partial charge < -0.3 is 0 Å². The highest BCUT2D eigenvalue weighted by molar-refractivity contribution is 9.10. The van der Waals surface area contributed by atoms with E-state index >= 15 is 0 Å². The molecule has 80 valence electrons. The standard InChI is InChI=1S/C8H9BrN4S2/c9-5-1-6(14-4-5)2-7(12-10)8-3-11-15-13-8/h1,3-4,7,12H,2,10H2. The summed E-state index contributed by atoms with van der Waals surface area (Å²) >= 11 is 6.33. The summed E-state index contributed by atoms with van der Waals surface area (Å²) in [6, 6.07) is 2.13. The number of aromatic nitrogens is 2. The van der Waals surface area contributed by atoms with Gasteiger partial charge in [-0.1, -0.05) is 0 Å². The molecule has 3 N–H and O–H groups in total. The van der Waals surface area contributed by atoms with E-state index in [0.29, 0.717) is 0 Å². The van der Waals surface area contributed by atoms with Gasteiger partial charge in [-0.15, -0.1) is 11.3 Å². The maximum absolute atomic E-state index is 5.50. The van der Waals surface area contributed by atoms with Crippen LogP contribution in [0.25, 0.3) is 0 Å². The molecule has 0 saturated carbocycles. The van der Waals surface area contributed by atoms with Crippen LogP contribution in [-0.4, -0.2) is 8.75 Å². The summed E-state index contributed by atoms with van der Waals surface area (Å²) in [5.41, 5.74) is 3.65. The second-order valence-electron chi connectivity index (χ2n) is 2.99. The summed E-state index contributed by atoms with van der Waals surface area (Å²) in [5.74, 6) is 5.50. The first kappa shape index (κ1) is 11.2. The van der Waals surface area contributed by atoms with Gasteiger partial charge >= 0.3 is 0 Å². The van der Waals surface area contributed by atoms with Gasteiger partial charge in [-0.2, -0.15) is 8.75 Å². The lowest BCUT2D eigenvalue weighted by Gasteiger charge is -2.10. The molecular weight excluding hydrogens is 296 g/mol. The number of thiophene rings is 1. The molecule has 15 heavy (non-hydrogen) atoms. The molecule has 2 rings (SSSR count). The molecule has 0 aliphatic heterocycles. The van der Waals surface area contributed by atoms with Crippen molar-refractivity contribution >= 4 is 39.0 Å². The largest absolute Gasteiger partial charge is 0.271 e. The molecule has 2 heterocycles. The Morgan fingerprint density at radius 3 is 3.00 bits per heavy atom. The van der Waals surface area contributed by atoms with Gasteiger partial charge in [0.2, 0.25) is 0 Å². The number of hydrogen-bond donors (Lipinski definition) is 2. The number of nitrogens with two attached hydrogens (primary N) is 1. The van der Waals surface area contributed by atoms with Crippen molar-refractivity contribution in [2.75, 3.05) is 0 Å². The number of nitrogens with one attached hydrogen (secondary N) is 1. The Morgan fingerprint density at radius 2 is 2.47 bits per heavy atom. The van der Waals surface area contributed by atoms with Crippen LogP contribution in [0.5, 0.6) is 0 Å². The van der Waals surface area contributed by atoms with Crippen molar-refractivity contribution in [3.63, 3.8) is 0 Å². The normalized spacial score (nSPS) is 12.9. The summed E-state index contributed by atoms with van der Waals surface area (Å²) in [5, 5.41) is 2.06. The summed E-state index contributed by atoms with van der Waals surface area (Å²) in [4.78, 5) is 1.26. The van der Waals surface area contributed by atoms with E-state index in [9.17, 15) is 0 Å². The van der Waals surface area contributed by atoms with Crippen molar-refractivity contribution in [2.24, 2.45) is 5.84 Å². The van der Waals surface area contributed by atoms with E-state index in [2.05, 4.69) is 41.5 Å². The molecule has 2 aromatic rings. The SMILES string of the molecule is NNC(Cc1cc(Br)cs1)c1cnsn1. The highest BCUT2D eigenvalue weighted by Crippen LogP contribution is 2.24. The van der Waals surface area contributed by atoms with Crippen LogP contribution in [0.1, 0.15) is 16.6 Å². The minimum absolute atomic E-state index is 0.0364. The first-order chi connectivity index (χ1) is 7.29. The molecule has 7 heteroatoms. The highest BCUT2D eigenvalue weighted by atomic mass is 79.9. The molecule has 0 radical (unpaired) electrons. The lowest BCUT2D eigenvalue weighted by Crippen LogP contribution is -2.29. The van der Waals surface area contributed by atoms with Gasteiger partial charge in [0.15, 0.2) is 0 Å². The second-order valence-corrected chi connectivity index (χ2v) is 5.46. The van der Waals surface area contributed by atoms with Crippen LogP contribution in [0, 0.1) is 0 Å². The van der Waals surface area contributed by atoms with Crippen LogP contribution in [0.15, 0.2) is 22.1 Å². The lowest BCUT2D eigenvalue weighted by molar-refractivity contribution is 0.545. The van der Waals surface area contributed by atoms with E-state index in [1.165, 1.54) is 16.6 Å². The zero-order chi connectivity index (χ0) is 10.7. The van der Waals surface area contributed by atoms with E-state index in [1.54, 1.807) is 17.5 Å². The Morgan fingerprint density at radius 1 is 1.60 bits per heavy atom. The van der Waals surface area contributed by atoms with Gasteiger partial charge in [0.05, 0.1) is 29.7 Å². The molecule has 4 nitrogen and oxygen atoms in total. The fourth-order valence-corrected chi connectivity index (χ4v) is 3.21. The van der Waals surface area contributed by atoms with Gasteiger partial charge in [0.1, 0.15) is 0 Å². The monoisotopic (exact) mass is 304 g/mol. The Labute approximate surface area is 104 Å². The third kappa shape index (κ3) is 2.82. The van der Waals surface area contributed by atoms with Crippen LogP contribution in [0.4, 0.5) is 0 Å². The average molecular weight is 305 g/mol. The van der Waals surface area contributed by atoms with Crippen molar-refractivity contribution in [1.82, 2.24) is 14.2 Å². The topological polar surface area (TPSA) is 63.8 Å². The van der Waals surface area contributed by atoms with E-state index in [1.807, 2.05) is 0 Å². The number of nitrogens with zero attached hydrogens (tertiary/aromatic N) is 2. The minimum atomic E-state index is 0.0364. The second kappa shape index (κ2) is 5.13. The van der Waals surface area contributed by atoms with Gasteiger partial charge in [0.25, 0.3) is 0 Å². The first-order valence-corrected chi connectivity index (χ1v) is 6.66. The third-order valence-corrected chi connectivity index (χ3v) is 4.18. The molecule has 2 aromatic heterocycles. The van der Waals surface area contributed by atoms with Crippen molar-refractivity contribution in [2.45, 2.75) is 12.5 Å². The Balaban J connectivity index is 2.09. The third-order valence-electron chi connectivity index (χ3n) is 1.96. The quantitative estimate of drug-likeness (QED) is 0.671. The van der Waals surface area contributed by atoms with E-state index in [0.717, 1.165) is 16.6 Å². The molecule has 0 aliphatic rings. The smallest absolute Gasteiger partial charge is 0.0929 e. The van der Waals surface area contributed by atoms with Gasteiger partial charge in [0, 0.05) is 21.2 Å². The Kier molecular flexibility index (Phi) is 3.81. The van der Waals surface area contributed by atoms with E-state index in [-0.39, 0.29) is 6.04 Å². The minimum Gasteiger partial charge on any atom is -0.271 e. The fourth-order valence-electron chi connectivity index (χ4n) is 1.24. The predicted molar refractivity (Wildman–Crippen MR) is 65.7 cm³/mol. The van der Waals surface area contributed by atoms with Crippen LogP contribution < -0.4 is 11.3 Å². The van der Waals surface area contributed by atoms with Crippen molar-refractivity contribution in [3.8, 4) is 0 Å². The summed E-state index contributed by atoms with van der Waals surface area (Å²) in [6.07, 6.45) is 2.58. The summed E-state index contributed by atoms with van der Waals surface area (Å²) in [6.45, 7) is 0. The molecule has 0 aliphatic carbocycles. The Hall–Kier alpha value is -0.340. The van der Waals surface area contributed by atoms with Gasteiger partial charge in [-0.05, 0) is 22.0 Å². The fraction of sp³-hybridized carbons (Fsp3) is 0.250. The highest BCUT2D eigenvalue weighted by Gasteiger charge is 2.14. The van der Waals surface area contributed by atoms with Crippen molar-refractivity contribution < 1.29 is 0 Å². The molecule has 0 fully saturated rings. The molecule has 1 atom stereocenters. The molecule has 0 saturated heterocycles. The number of hydrazine groups is 1. The van der Waals surface area contributed by atoms with Gasteiger partial charge in [-0.25, -0.2) is 0 Å². The predicted octanol–water partition coefficient (Wildman–Crippen LogP) is 2.11. The van der Waals surface area contributed by atoms with Crippen LogP contribution in [-0.2, 0) is 6.42 Å². The maximum atomic E-state index is 5.50. The summed E-state index contributed by atoms with van der Waals surface area (Å²) in [7, 11) is 0. The van der Waals surface area contributed by atoms with Crippen molar-refractivity contribution in [3.05, 3.63) is 32.7 Å². The number of rotatable bonds is 4. The molecule has 1 unspecified atom stereocenters. The van der Waals surface area contributed by atoms with Crippen LogP contribution in [0.2, 0.25) is 0 Å². The number of hydrogen-bond acceptors (Lipinski definition) is 6. The molecular formula is C8H9BrN4S2. The molecule has 0 spiro atoms. The molecule has 0 amide bonds. The number of halogens is 1. The van der Waals surface area contributed by atoms with Crippen LogP contribution in [0.3, 0.4) is 0 Å². The molecule has 0 bridgehead atoms. The molecule has 0 aromatic carbocycles. The van der Waals surface area contributed by atoms with Crippen LogP contribution >= 0.6 is 39.0 Å². The van der Waals surface area contributed by atoms with E-state index < -0.39 is 0 Å².